The standard InChI is InChI=1S/C19H24N2O5/c22-13-17(24)19(26)18(25)16(23)11-20-21(15-9-5-2-6-10-15)12-14-7-3-1-4-8-14/h1-11,16-19,22-26H,12-13H2/b20-11-/t16-,17-,18+,19-/m0/s1. The molecular weight excluding hydrogens is 336 g/mol. The normalized spacial score (nSPS) is 16.2. The molecule has 0 saturated heterocycles. The Morgan fingerprint density at radius 1 is 0.846 bits per heavy atom. The van der Waals surface area contributed by atoms with Gasteiger partial charge < -0.3 is 25.5 Å². The lowest BCUT2D eigenvalue weighted by Crippen LogP contribution is -2.46. The van der Waals surface area contributed by atoms with Gasteiger partial charge in [-0.25, -0.2) is 0 Å². The zero-order chi connectivity index (χ0) is 18.9. The van der Waals surface area contributed by atoms with Crippen LogP contribution in [0.4, 0.5) is 5.69 Å². The number of anilines is 1. The highest BCUT2D eigenvalue weighted by Gasteiger charge is 2.29. The minimum absolute atomic E-state index is 0.436. The van der Waals surface area contributed by atoms with E-state index in [0.29, 0.717) is 6.54 Å². The molecule has 0 unspecified atom stereocenters. The summed E-state index contributed by atoms with van der Waals surface area (Å²) >= 11 is 0. The average Bonchev–Trinajstić information content (AvgIpc) is 2.70. The van der Waals surface area contributed by atoms with E-state index in [2.05, 4.69) is 5.10 Å². The van der Waals surface area contributed by atoms with Gasteiger partial charge in [-0.2, -0.15) is 5.10 Å². The first kappa shape index (κ1) is 20.0. The topological polar surface area (TPSA) is 117 Å². The number of rotatable bonds is 9. The summed E-state index contributed by atoms with van der Waals surface area (Å²) in [6, 6.07) is 18.9. The number of nitrogens with zero attached hydrogens (tertiary/aromatic N) is 2. The lowest BCUT2D eigenvalue weighted by atomic mass is 10.0. The van der Waals surface area contributed by atoms with E-state index in [9.17, 15) is 20.4 Å². The molecule has 26 heavy (non-hydrogen) atoms. The summed E-state index contributed by atoms with van der Waals surface area (Å²) in [5.41, 5.74) is 1.78. The SMILES string of the molecule is OC[C@H](O)[C@H](O)[C@H](O)[C@@H](O)/C=N\N(Cc1ccccc1)c1ccccc1. The highest BCUT2D eigenvalue weighted by molar-refractivity contribution is 5.66. The van der Waals surface area contributed by atoms with Gasteiger partial charge in [-0.3, -0.25) is 5.01 Å². The molecule has 0 aromatic heterocycles. The molecule has 0 heterocycles. The molecule has 2 rings (SSSR count). The van der Waals surface area contributed by atoms with Crippen molar-refractivity contribution in [3.05, 3.63) is 66.2 Å². The second-order valence-electron chi connectivity index (χ2n) is 5.87. The Kier molecular flexibility index (Phi) is 7.71. The minimum Gasteiger partial charge on any atom is -0.394 e. The van der Waals surface area contributed by atoms with E-state index in [1.165, 1.54) is 0 Å². The fraction of sp³-hybridized carbons (Fsp3) is 0.316. The van der Waals surface area contributed by atoms with Crippen molar-refractivity contribution in [2.24, 2.45) is 5.10 Å². The predicted octanol–water partition coefficient (Wildman–Crippen LogP) is 0.115. The van der Waals surface area contributed by atoms with Gasteiger partial charge in [0, 0.05) is 0 Å². The van der Waals surface area contributed by atoms with E-state index in [4.69, 9.17) is 5.11 Å². The van der Waals surface area contributed by atoms with E-state index in [-0.39, 0.29) is 0 Å². The molecular formula is C19H24N2O5. The molecule has 7 nitrogen and oxygen atoms in total. The van der Waals surface area contributed by atoms with Crippen LogP contribution in [0.15, 0.2) is 65.8 Å². The maximum atomic E-state index is 10.0. The first-order valence-corrected chi connectivity index (χ1v) is 8.26. The molecule has 7 heteroatoms. The highest BCUT2D eigenvalue weighted by Crippen LogP contribution is 2.17. The van der Waals surface area contributed by atoms with E-state index in [1.807, 2.05) is 60.7 Å². The smallest absolute Gasteiger partial charge is 0.119 e. The van der Waals surface area contributed by atoms with E-state index in [0.717, 1.165) is 17.5 Å². The maximum absolute atomic E-state index is 10.0. The number of hydrazone groups is 1. The van der Waals surface area contributed by atoms with Crippen LogP contribution in [0, 0.1) is 0 Å². The number of aliphatic hydroxyl groups excluding tert-OH is 5. The van der Waals surface area contributed by atoms with E-state index >= 15 is 0 Å². The maximum Gasteiger partial charge on any atom is 0.119 e. The third-order valence-corrected chi connectivity index (χ3v) is 3.87. The van der Waals surface area contributed by atoms with Crippen LogP contribution in [0.5, 0.6) is 0 Å². The second-order valence-corrected chi connectivity index (χ2v) is 5.87. The lowest BCUT2D eigenvalue weighted by molar-refractivity contribution is -0.0999. The van der Waals surface area contributed by atoms with Crippen LogP contribution in [-0.2, 0) is 6.54 Å². The average molecular weight is 360 g/mol. The van der Waals surface area contributed by atoms with Crippen molar-refractivity contribution in [2.45, 2.75) is 31.0 Å². The van der Waals surface area contributed by atoms with Crippen molar-refractivity contribution < 1.29 is 25.5 Å². The van der Waals surface area contributed by atoms with Crippen LogP contribution in [0.25, 0.3) is 0 Å². The predicted molar refractivity (Wildman–Crippen MR) is 98.7 cm³/mol. The van der Waals surface area contributed by atoms with Crippen molar-refractivity contribution in [3.63, 3.8) is 0 Å². The summed E-state index contributed by atoms with van der Waals surface area (Å²) in [4.78, 5) is 0. The first-order valence-electron chi connectivity index (χ1n) is 8.26. The van der Waals surface area contributed by atoms with Gasteiger partial charge in [0.15, 0.2) is 0 Å². The molecule has 4 atom stereocenters. The van der Waals surface area contributed by atoms with Gasteiger partial charge in [0.25, 0.3) is 0 Å². The van der Waals surface area contributed by atoms with Gasteiger partial charge in [0.1, 0.15) is 24.4 Å². The van der Waals surface area contributed by atoms with Crippen molar-refractivity contribution >= 4 is 11.9 Å². The lowest BCUT2D eigenvalue weighted by Gasteiger charge is -2.24. The zero-order valence-electron chi connectivity index (χ0n) is 14.2. The number of aliphatic hydroxyl groups is 5. The summed E-state index contributed by atoms with van der Waals surface area (Å²) < 4.78 is 0. The summed E-state index contributed by atoms with van der Waals surface area (Å²) in [6.07, 6.45) is -5.36. The van der Waals surface area contributed by atoms with Crippen LogP contribution < -0.4 is 5.01 Å². The summed E-state index contributed by atoms with van der Waals surface area (Å²) in [6.45, 7) is -0.293. The van der Waals surface area contributed by atoms with Gasteiger partial charge in [-0.15, -0.1) is 0 Å². The Hall–Kier alpha value is -2.29. The van der Waals surface area contributed by atoms with Crippen LogP contribution in [0.2, 0.25) is 0 Å². The summed E-state index contributed by atoms with van der Waals surface area (Å²) in [7, 11) is 0. The third kappa shape index (κ3) is 5.62. The molecule has 2 aromatic rings. The van der Waals surface area contributed by atoms with Crippen molar-refractivity contribution in [3.8, 4) is 0 Å². The molecule has 2 aromatic carbocycles. The zero-order valence-corrected chi connectivity index (χ0v) is 14.2. The molecule has 0 aliphatic carbocycles. The molecule has 0 spiro atoms. The molecule has 0 saturated carbocycles. The fourth-order valence-electron chi connectivity index (χ4n) is 2.33. The first-order chi connectivity index (χ1) is 12.5. The van der Waals surface area contributed by atoms with Crippen LogP contribution >= 0.6 is 0 Å². The van der Waals surface area contributed by atoms with Gasteiger partial charge in [0.05, 0.1) is 25.1 Å². The number of benzene rings is 2. The molecule has 0 bridgehead atoms. The second kappa shape index (κ2) is 10.0. The van der Waals surface area contributed by atoms with Crippen LogP contribution in [0.3, 0.4) is 0 Å². The Labute approximate surface area is 152 Å². The molecule has 0 fully saturated rings. The number of hydrogen-bond donors (Lipinski definition) is 5. The largest absolute Gasteiger partial charge is 0.394 e. The number of para-hydroxylation sites is 1. The molecule has 0 radical (unpaired) electrons. The Bertz CT molecular complexity index is 668. The fourth-order valence-corrected chi connectivity index (χ4v) is 2.33. The third-order valence-electron chi connectivity index (χ3n) is 3.87. The van der Waals surface area contributed by atoms with Crippen LogP contribution in [-0.4, -0.2) is 62.8 Å². The minimum atomic E-state index is -1.69. The monoisotopic (exact) mass is 360 g/mol. The van der Waals surface area contributed by atoms with Gasteiger partial charge in [-0.05, 0) is 17.7 Å². The molecule has 0 aliphatic heterocycles. The van der Waals surface area contributed by atoms with Gasteiger partial charge in [-0.1, -0.05) is 48.5 Å². The molecule has 0 aliphatic rings. The quantitative estimate of drug-likeness (QED) is 0.320. The Morgan fingerprint density at radius 2 is 1.42 bits per heavy atom. The van der Waals surface area contributed by atoms with E-state index in [1.54, 1.807) is 5.01 Å². The van der Waals surface area contributed by atoms with Crippen molar-refractivity contribution in [1.82, 2.24) is 0 Å². The van der Waals surface area contributed by atoms with Crippen molar-refractivity contribution in [2.75, 3.05) is 11.6 Å². The van der Waals surface area contributed by atoms with Crippen LogP contribution in [0.1, 0.15) is 5.56 Å². The van der Waals surface area contributed by atoms with Crippen molar-refractivity contribution in [1.29, 1.82) is 0 Å². The Balaban J connectivity index is 2.14. The molecule has 140 valence electrons. The molecule has 5 N–H and O–H groups in total. The molecule has 0 amide bonds. The number of hydrogen-bond acceptors (Lipinski definition) is 7. The summed E-state index contributed by atoms with van der Waals surface area (Å²) in [5.74, 6) is 0. The van der Waals surface area contributed by atoms with Gasteiger partial charge in [0.2, 0.25) is 0 Å². The van der Waals surface area contributed by atoms with Gasteiger partial charge >= 0.3 is 0 Å². The Morgan fingerprint density at radius 3 is 2.00 bits per heavy atom. The summed E-state index contributed by atoms with van der Waals surface area (Å²) in [5, 5.41) is 53.6. The van der Waals surface area contributed by atoms with E-state index < -0.39 is 31.0 Å². The highest BCUT2D eigenvalue weighted by atomic mass is 16.4.